The average Bonchev–Trinajstić information content (AvgIpc) is 2.29. The highest BCUT2D eigenvalue weighted by Crippen LogP contribution is 2.26. The van der Waals surface area contributed by atoms with Gasteiger partial charge in [-0.25, -0.2) is 0 Å². The van der Waals surface area contributed by atoms with E-state index >= 15 is 0 Å². The fourth-order valence-corrected chi connectivity index (χ4v) is 2.23. The molecule has 0 saturated carbocycles. The molecule has 0 amide bonds. The van der Waals surface area contributed by atoms with Gasteiger partial charge < -0.3 is 5.11 Å². The Balaban J connectivity index is 3.05. The SMILES string of the molecule is CCN(CC)C(CC(=O)O)c1ccccc1C. The number of nitrogens with zero attached hydrogens (tertiary/aromatic N) is 1. The first-order chi connectivity index (χ1) is 8.10. The molecule has 0 bridgehead atoms. The van der Waals surface area contributed by atoms with Crippen molar-refractivity contribution in [3.8, 4) is 0 Å². The number of hydrogen-bond donors (Lipinski definition) is 1. The van der Waals surface area contributed by atoms with E-state index in [0.29, 0.717) is 0 Å². The molecule has 1 N–H and O–H groups in total. The Morgan fingerprint density at radius 1 is 1.29 bits per heavy atom. The molecule has 0 radical (unpaired) electrons. The molecular formula is C14H21NO2. The molecule has 0 aliphatic carbocycles. The lowest BCUT2D eigenvalue weighted by molar-refractivity contribution is -0.138. The predicted octanol–water partition coefficient (Wildman–Crippen LogP) is 2.85. The summed E-state index contributed by atoms with van der Waals surface area (Å²) in [5.74, 6) is -0.745. The van der Waals surface area contributed by atoms with Gasteiger partial charge in [0.2, 0.25) is 0 Å². The number of rotatable bonds is 6. The van der Waals surface area contributed by atoms with Crippen LogP contribution in [0.5, 0.6) is 0 Å². The third-order valence-corrected chi connectivity index (χ3v) is 3.17. The zero-order chi connectivity index (χ0) is 12.8. The van der Waals surface area contributed by atoms with Crippen molar-refractivity contribution in [3.63, 3.8) is 0 Å². The summed E-state index contributed by atoms with van der Waals surface area (Å²) in [5, 5.41) is 9.05. The van der Waals surface area contributed by atoms with Crippen molar-refractivity contribution in [2.45, 2.75) is 33.2 Å². The van der Waals surface area contributed by atoms with E-state index < -0.39 is 5.97 Å². The van der Waals surface area contributed by atoms with Crippen LogP contribution in [0, 0.1) is 6.92 Å². The maximum atomic E-state index is 11.0. The van der Waals surface area contributed by atoms with Gasteiger partial charge in [0.25, 0.3) is 0 Å². The van der Waals surface area contributed by atoms with Crippen LogP contribution < -0.4 is 0 Å². The van der Waals surface area contributed by atoms with Gasteiger partial charge in [0.05, 0.1) is 6.42 Å². The third-order valence-electron chi connectivity index (χ3n) is 3.17. The van der Waals surface area contributed by atoms with Crippen LogP contribution in [0.2, 0.25) is 0 Å². The maximum absolute atomic E-state index is 11.0. The zero-order valence-electron chi connectivity index (χ0n) is 10.8. The number of benzene rings is 1. The summed E-state index contributed by atoms with van der Waals surface area (Å²) in [5.41, 5.74) is 2.28. The minimum Gasteiger partial charge on any atom is -0.481 e. The van der Waals surface area contributed by atoms with Gasteiger partial charge in [0, 0.05) is 6.04 Å². The molecule has 0 aromatic heterocycles. The predicted molar refractivity (Wildman–Crippen MR) is 69.1 cm³/mol. The normalized spacial score (nSPS) is 12.7. The second-order valence-corrected chi connectivity index (χ2v) is 4.19. The summed E-state index contributed by atoms with van der Waals surface area (Å²) < 4.78 is 0. The van der Waals surface area contributed by atoms with Crippen LogP contribution >= 0.6 is 0 Å². The van der Waals surface area contributed by atoms with Gasteiger partial charge in [-0.05, 0) is 31.1 Å². The van der Waals surface area contributed by atoms with E-state index in [4.69, 9.17) is 5.11 Å². The van der Waals surface area contributed by atoms with Gasteiger partial charge in [-0.2, -0.15) is 0 Å². The third kappa shape index (κ3) is 3.56. The molecular weight excluding hydrogens is 214 g/mol. The molecule has 17 heavy (non-hydrogen) atoms. The molecule has 94 valence electrons. The van der Waals surface area contributed by atoms with Crippen LogP contribution in [-0.2, 0) is 4.79 Å². The lowest BCUT2D eigenvalue weighted by Gasteiger charge is -2.30. The molecule has 1 rings (SSSR count). The van der Waals surface area contributed by atoms with Crippen molar-refractivity contribution in [1.29, 1.82) is 0 Å². The van der Waals surface area contributed by atoms with E-state index in [1.54, 1.807) is 0 Å². The maximum Gasteiger partial charge on any atom is 0.305 e. The van der Waals surface area contributed by atoms with Crippen molar-refractivity contribution in [2.24, 2.45) is 0 Å². The minimum atomic E-state index is -0.745. The average molecular weight is 235 g/mol. The number of hydrogen-bond acceptors (Lipinski definition) is 2. The van der Waals surface area contributed by atoms with E-state index in [9.17, 15) is 4.79 Å². The van der Waals surface area contributed by atoms with E-state index in [1.807, 2.05) is 31.2 Å². The molecule has 3 heteroatoms. The molecule has 0 saturated heterocycles. The Bertz CT molecular complexity index is 372. The van der Waals surface area contributed by atoms with Crippen molar-refractivity contribution < 1.29 is 9.90 Å². The second-order valence-electron chi connectivity index (χ2n) is 4.19. The van der Waals surface area contributed by atoms with Crippen molar-refractivity contribution >= 4 is 5.97 Å². The Morgan fingerprint density at radius 2 is 1.88 bits per heavy atom. The van der Waals surface area contributed by atoms with E-state index in [0.717, 1.165) is 24.2 Å². The molecule has 0 fully saturated rings. The first-order valence-corrected chi connectivity index (χ1v) is 6.11. The summed E-state index contributed by atoms with van der Waals surface area (Å²) in [4.78, 5) is 13.2. The Morgan fingerprint density at radius 3 is 2.35 bits per heavy atom. The fraction of sp³-hybridized carbons (Fsp3) is 0.500. The van der Waals surface area contributed by atoms with E-state index in [1.165, 1.54) is 0 Å². The van der Waals surface area contributed by atoms with Crippen LogP contribution in [-0.4, -0.2) is 29.1 Å². The molecule has 1 aromatic carbocycles. The van der Waals surface area contributed by atoms with Crippen molar-refractivity contribution in [1.82, 2.24) is 4.90 Å². The topological polar surface area (TPSA) is 40.5 Å². The smallest absolute Gasteiger partial charge is 0.305 e. The largest absolute Gasteiger partial charge is 0.481 e. The zero-order valence-corrected chi connectivity index (χ0v) is 10.8. The van der Waals surface area contributed by atoms with Gasteiger partial charge >= 0.3 is 5.97 Å². The molecule has 0 aliphatic heterocycles. The van der Waals surface area contributed by atoms with Gasteiger partial charge in [-0.3, -0.25) is 9.69 Å². The molecule has 3 nitrogen and oxygen atoms in total. The first-order valence-electron chi connectivity index (χ1n) is 6.11. The van der Waals surface area contributed by atoms with E-state index in [-0.39, 0.29) is 12.5 Å². The quantitative estimate of drug-likeness (QED) is 0.824. The van der Waals surface area contributed by atoms with Crippen LogP contribution in [0.15, 0.2) is 24.3 Å². The molecule has 0 heterocycles. The Hall–Kier alpha value is -1.35. The first kappa shape index (κ1) is 13.7. The highest BCUT2D eigenvalue weighted by atomic mass is 16.4. The number of aliphatic carboxylic acids is 1. The molecule has 1 aromatic rings. The standard InChI is InChI=1S/C14H21NO2/c1-4-15(5-2)13(10-14(16)17)12-9-7-6-8-11(12)3/h6-9,13H,4-5,10H2,1-3H3,(H,16,17). The summed E-state index contributed by atoms with van der Waals surface area (Å²) in [6, 6.07) is 8.00. The van der Waals surface area contributed by atoms with Crippen molar-refractivity contribution in [2.75, 3.05) is 13.1 Å². The second kappa shape index (κ2) is 6.40. The summed E-state index contributed by atoms with van der Waals surface area (Å²) in [6.07, 6.45) is 0.159. The monoisotopic (exact) mass is 235 g/mol. The van der Waals surface area contributed by atoms with E-state index in [2.05, 4.69) is 18.7 Å². The number of carboxylic acids is 1. The van der Waals surface area contributed by atoms with Crippen LogP contribution in [0.4, 0.5) is 0 Å². The van der Waals surface area contributed by atoms with Crippen molar-refractivity contribution in [3.05, 3.63) is 35.4 Å². The molecule has 1 atom stereocenters. The lowest BCUT2D eigenvalue weighted by atomic mass is 9.97. The number of aryl methyl sites for hydroxylation is 1. The van der Waals surface area contributed by atoms with Crippen LogP contribution in [0.3, 0.4) is 0 Å². The highest BCUT2D eigenvalue weighted by molar-refractivity contribution is 5.68. The molecule has 0 aliphatic rings. The molecule has 0 spiro atoms. The Labute approximate surface area is 103 Å². The highest BCUT2D eigenvalue weighted by Gasteiger charge is 2.22. The lowest BCUT2D eigenvalue weighted by Crippen LogP contribution is -2.30. The summed E-state index contributed by atoms with van der Waals surface area (Å²) in [7, 11) is 0. The summed E-state index contributed by atoms with van der Waals surface area (Å²) in [6.45, 7) is 7.90. The minimum absolute atomic E-state index is 0.0244. The van der Waals surface area contributed by atoms with Gasteiger partial charge in [-0.1, -0.05) is 38.1 Å². The summed E-state index contributed by atoms with van der Waals surface area (Å²) >= 11 is 0. The number of carboxylic acid groups (broad SMARTS) is 1. The van der Waals surface area contributed by atoms with Gasteiger partial charge in [0.1, 0.15) is 0 Å². The van der Waals surface area contributed by atoms with Crippen LogP contribution in [0.25, 0.3) is 0 Å². The molecule has 1 unspecified atom stereocenters. The van der Waals surface area contributed by atoms with Crippen LogP contribution in [0.1, 0.15) is 37.4 Å². The van der Waals surface area contributed by atoms with Gasteiger partial charge in [0.15, 0.2) is 0 Å². The fourth-order valence-electron chi connectivity index (χ4n) is 2.23. The Kier molecular flexibility index (Phi) is 5.16. The number of carbonyl (C=O) groups is 1. The van der Waals surface area contributed by atoms with Gasteiger partial charge in [-0.15, -0.1) is 0 Å².